The number of fused-ring (bicyclic) bond motifs is 1. The van der Waals surface area contributed by atoms with Crippen molar-refractivity contribution in [3.63, 3.8) is 0 Å². The zero-order valence-electron chi connectivity index (χ0n) is 10.8. The second-order valence-corrected chi connectivity index (χ2v) is 4.82. The Hall–Kier alpha value is -1.71. The molecule has 2 N–H and O–H groups in total. The Bertz CT molecular complexity index is 518. The molecular weight excluding hydrogens is 214 g/mol. The fourth-order valence-electron chi connectivity index (χ4n) is 1.70. The number of nitrogen functional groups attached to an aromatic ring is 1. The van der Waals surface area contributed by atoms with Crippen LogP contribution in [0.25, 0.3) is 11.1 Å². The Morgan fingerprint density at radius 2 is 2.00 bits per heavy atom. The van der Waals surface area contributed by atoms with Crippen molar-refractivity contribution in [2.45, 2.75) is 26.8 Å². The molecule has 0 aliphatic rings. The number of hydrogen-bond donors (Lipinski definition) is 1. The lowest BCUT2D eigenvalue weighted by atomic mass is 10.1. The summed E-state index contributed by atoms with van der Waals surface area (Å²) in [7, 11) is 2.00. The second kappa shape index (κ2) is 4.28. The first-order valence-corrected chi connectivity index (χ1v) is 5.88. The van der Waals surface area contributed by atoms with Crippen molar-refractivity contribution in [1.82, 2.24) is 4.98 Å². The lowest BCUT2D eigenvalue weighted by Crippen LogP contribution is -2.33. The highest BCUT2D eigenvalue weighted by Crippen LogP contribution is 2.25. The van der Waals surface area contributed by atoms with Gasteiger partial charge in [0.25, 0.3) is 6.01 Å². The molecule has 0 amide bonds. The van der Waals surface area contributed by atoms with Gasteiger partial charge in [-0.2, -0.15) is 4.98 Å². The number of benzene rings is 1. The normalized spacial score (nSPS) is 13.2. The van der Waals surface area contributed by atoms with Crippen molar-refractivity contribution >= 4 is 22.8 Å². The molecule has 4 heteroatoms. The molecule has 2 aromatic rings. The average molecular weight is 233 g/mol. The van der Waals surface area contributed by atoms with Crippen LogP contribution in [0, 0.1) is 5.92 Å². The molecule has 17 heavy (non-hydrogen) atoms. The van der Waals surface area contributed by atoms with Crippen molar-refractivity contribution in [2.75, 3.05) is 17.7 Å². The number of hydrogen-bond acceptors (Lipinski definition) is 4. The van der Waals surface area contributed by atoms with E-state index < -0.39 is 0 Å². The summed E-state index contributed by atoms with van der Waals surface area (Å²) in [6, 6.07) is 6.54. The fraction of sp³-hybridized carbons (Fsp3) is 0.462. The third kappa shape index (κ3) is 2.20. The Kier molecular flexibility index (Phi) is 2.96. The molecule has 1 aromatic carbocycles. The van der Waals surface area contributed by atoms with Crippen molar-refractivity contribution < 1.29 is 4.42 Å². The average Bonchev–Trinajstić information content (AvgIpc) is 2.69. The van der Waals surface area contributed by atoms with Crippen molar-refractivity contribution in [1.29, 1.82) is 0 Å². The van der Waals surface area contributed by atoms with Gasteiger partial charge in [-0.1, -0.05) is 13.8 Å². The molecule has 4 nitrogen and oxygen atoms in total. The van der Waals surface area contributed by atoms with Crippen LogP contribution in [0.2, 0.25) is 0 Å². The Morgan fingerprint density at radius 1 is 1.29 bits per heavy atom. The SMILES string of the molecule is CC(C)C(C)N(C)c1nc2ccc(N)cc2o1. The number of aromatic nitrogens is 1. The zero-order chi connectivity index (χ0) is 12.6. The van der Waals surface area contributed by atoms with Gasteiger partial charge in [0.15, 0.2) is 5.58 Å². The van der Waals surface area contributed by atoms with E-state index in [0.717, 1.165) is 11.1 Å². The van der Waals surface area contributed by atoms with E-state index in [4.69, 9.17) is 10.2 Å². The minimum atomic E-state index is 0.375. The van der Waals surface area contributed by atoms with Gasteiger partial charge < -0.3 is 15.1 Å². The molecule has 0 fully saturated rings. The van der Waals surface area contributed by atoms with Crippen LogP contribution in [0.15, 0.2) is 22.6 Å². The van der Waals surface area contributed by atoms with Crippen LogP contribution in [-0.2, 0) is 0 Å². The second-order valence-electron chi connectivity index (χ2n) is 4.82. The lowest BCUT2D eigenvalue weighted by Gasteiger charge is -2.26. The van der Waals surface area contributed by atoms with E-state index >= 15 is 0 Å². The predicted molar refractivity (Wildman–Crippen MR) is 71.1 cm³/mol. The minimum absolute atomic E-state index is 0.375. The summed E-state index contributed by atoms with van der Waals surface area (Å²) in [6.07, 6.45) is 0. The molecule has 0 saturated heterocycles. The molecule has 2 rings (SSSR count). The number of nitrogens with two attached hydrogens (primary N) is 1. The monoisotopic (exact) mass is 233 g/mol. The molecule has 0 radical (unpaired) electrons. The van der Waals surface area contributed by atoms with Gasteiger partial charge in [-0.25, -0.2) is 0 Å². The first kappa shape index (κ1) is 11.8. The third-order valence-electron chi connectivity index (χ3n) is 3.28. The maximum atomic E-state index is 5.72. The maximum Gasteiger partial charge on any atom is 0.298 e. The molecule has 1 atom stereocenters. The molecule has 0 aliphatic heterocycles. The molecule has 1 unspecified atom stereocenters. The molecule has 1 aromatic heterocycles. The summed E-state index contributed by atoms with van der Waals surface area (Å²) in [5.41, 5.74) is 7.99. The van der Waals surface area contributed by atoms with Gasteiger partial charge >= 0.3 is 0 Å². The largest absolute Gasteiger partial charge is 0.423 e. The van der Waals surface area contributed by atoms with Gasteiger partial charge in [-0.15, -0.1) is 0 Å². The lowest BCUT2D eigenvalue weighted by molar-refractivity contribution is 0.467. The summed E-state index contributed by atoms with van der Waals surface area (Å²) in [4.78, 5) is 6.52. The first-order valence-electron chi connectivity index (χ1n) is 5.88. The van der Waals surface area contributed by atoms with Crippen molar-refractivity contribution in [3.8, 4) is 0 Å². The van der Waals surface area contributed by atoms with Crippen LogP contribution in [0.4, 0.5) is 11.7 Å². The highest BCUT2D eigenvalue weighted by Gasteiger charge is 2.18. The van der Waals surface area contributed by atoms with E-state index in [2.05, 4.69) is 30.7 Å². The zero-order valence-corrected chi connectivity index (χ0v) is 10.8. The predicted octanol–water partition coefficient (Wildman–Crippen LogP) is 2.89. The topological polar surface area (TPSA) is 55.3 Å². The number of oxazole rings is 1. The summed E-state index contributed by atoms with van der Waals surface area (Å²) in [5, 5.41) is 0. The van der Waals surface area contributed by atoms with E-state index in [1.165, 1.54) is 0 Å². The molecular formula is C13H19N3O. The van der Waals surface area contributed by atoms with Gasteiger partial charge in [-0.05, 0) is 25.0 Å². The van der Waals surface area contributed by atoms with Gasteiger partial charge in [0.1, 0.15) is 5.52 Å². The standard InChI is InChI=1S/C13H19N3O/c1-8(2)9(3)16(4)13-15-11-6-5-10(14)7-12(11)17-13/h5-9H,14H2,1-4H3. The van der Waals surface area contributed by atoms with E-state index in [9.17, 15) is 0 Å². The van der Waals surface area contributed by atoms with Crippen molar-refractivity contribution in [2.24, 2.45) is 5.92 Å². The number of nitrogens with zero attached hydrogens (tertiary/aromatic N) is 2. The molecule has 0 bridgehead atoms. The quantitative estimate of drug-likeness (QED) is 0.828. The van der Waals surface area contributed by atoms with Gasteiger partial charge in [0, 0.05) is 24.8 Å². The Morgan fingerprint density at radius 3 is 2.65 bits per heavy atom. The molecule has 0 aliphatic carbocycles. The summed E-state index contributed by atoms with van der Waals surface area (Å²) >= 11 is 0. The van der Waals surface area contributed by atoms with Crippen LogP contribution < -0.4 is 10.6 Å². The summed E-state index contributed by atoms with van der Waals surface area (Å²) in [6.45, 7) is 6.53. The highest BCUT2D eigenvalue weighted by atomic mass is 16.4. The minimum Gasteiger partial charge on any atom is -0.423 e. The van der Waals surface area contributed by atoms with Crippen LogP contribution in [0.3, 0.4) is 0 Å². The van der Waals surface area contributed by atoms with Gasteiger partial charge in [0.05, 0.1) is 0 Å². The third-order valence-corrected chi connectivity index (χ3v) is 3.28. The van der Waals surface area contributed by atoms with Crippen molar-refractivity contribution in [3.05, 3.63) is 18.2 Å². The Balaban J connectivity index is 2.36. The summed E-state index contributed by atoms with van der Waals surface area (Å²) in [5.74, 6) is 0.542. The smallest absolute Gasteiger partial charge is 0.298 e. The maximum absolute atomic E-state index is 5.72. The van der Waals surface area contributed by atoms with E-state index in [-0.39, 0.29) is 0 Å². The van der Waals surface area contributed by atoms with Gasteiger partial charge in [0.2, 0.25) is 0 Å². The summed E-state index contributed by atoms with van der Waals surface area (Å²) < 4.78 is 5.72. The van der Waals surface area contributed by atoms with E-state index in [1.807, 2.05) is 19.2 Å². The number of rotatable bonds is 3. The first-order chi connectivity index (χ1) is 7.99. The Labute approximate surface area is 101 Å². The highest BCUT2D eigenvalue weighted by molar-refractivity contribution is 5.78. The fourth-order valence-corrected chi connectivity index (χ4v) is 1.70. The number of anilines is 2. The van der Waals surface area contributed by atoms with Crippen LogP contribution in [-0.4, -0.2) is 18.1 Å². The molecule has 0 spiro atoms. The van der Waals surface area contributed by atoms with Gasteiger partial charge in [-0.3, -0.25) is 0 Å². The molecule has 1 heterocycles. The van der Waals surface area contributed by atoms with E-state index in [0.29, 0.717) is 23.7 Å². The van der Waals surface area contributed by atoms with Crippen LogP contribution in [0.1, 0.15) is 20.8 Å². The van der Waals surface area contributed by atoms with E-state index in [1.54, 1.807) is 6.07 Å². The molecule has 92 valence electrons. The molecule has 0 saturated carbocycles. The van der Waals surface area contributed by atoms with Crippen LogP contribution in [0.5, 0.6) is 0 Å². The van der Waals surface area contributed by atoms with Crippen LogP contribution >= 0.6 is 0 Å².